The standard InChI is InChI=1S/C18H26F4N2O.2ClH/c1-13(2)3-8-16(24-11-9-23-10-12-24)14-4-6-15(7-5-14)25-18(21,22)17(19)20;;/h4-7,13,16-17,23H,3,8-12H2,1-2H3;2*1H/t16-;;/m1../s1. The quantitative estimate of drug-likeness (QED) is 0.572. The van der Waals surface area contributed by atoms with Crippen LogP contribution in [0.3, 0.4) is 0 Å². The number of rotatable bonds is 8. The maximum Gasteiger partial charge on any atom is 0.461 e. The molecule has 0 spiro atoms. The first-order valence-electron chi connectivity index (χ1n) is 8.69. The lowest BCUT2D eigenvalue weighted by Gasteiger charge is -2.35. The van der Waals surface area contributed by atoms with Crippen LogP contribution < -0.4 is 10.1 Å². The van der Waals surface area contributed by atoms with Crippen molar-refractivity contribution < 1.29 is 22.3 Å². The van der Waals surface area contributed by atoms with Gasteiger partial charge in [0.25, 0.3) is 0 Å². The molecule has 1 aliphatic rings. The van der Waals surface area contributed by atoms with Gasteiger partial charge in [0.05, 0.1) is 0 Å². The van der Waals surface area contributed by atoms with Crippen molar-refractivity contribution in [2.24, 2.45) is 5.92 Å². The monoisotopic (exact) mass is 434 g/mol. The van der Waals surface area contributed by atoms with Crippen molar-refractivity contribution in [2.45, 2.75) is 45.3 Å². The van der Waals surface area contributed by atoms with Crippen LogP contribution in [0.1, 0.15) is 38.3 Å². The van der Waals surface area contributed by atoms with Crippen LogP contribution in [0.25, 0.3) is 0 Å². The molecule has 1 heterocycles. The van der Waals surface area contributed by atoms with E-state index in [1.54, 1.807) is 12.1 Å². The molecule has 0 amide bonds. The predicted molar refractivity (Wildman–Crippen MR) is 104 cm³/mol. The van der Waals surface area contributed by atoms with E-state index in [0.717, 1.165) is 44.6 Å². The van der Waals surface area contributed by atoms with Gasteiger partial charge in [0.15, 0.2) is 0 Å². The fraction of sp³-hybridized carbons (Fsp3) is 0.667. The molecule has 1 fully saturated rings. The molecule has 1 atom stereocenters. The van der Waals surface area contributed by atoms with Gasteiger partial charge in [0.2, 0.25) is 0 Å². The summed E-state index contributed by atoms with van der Waals surface area (Å²) in [5.74, 6) is 0.315. The summed E-state index contributed by atoms with van der Waals surface area (Å²) >= 11 is 0. The summed E-state index contributed by atoms with van der Waals surface area (Å²) in [6, 6.07) is 6.27. The molecule has 1 N–H and O–H groups in total. The first kappa shape index (κ1) is 26.2. The molecule has 0 aliphatic carbocycles. The Morgan fingerprint density at radius 2 is 1.59 bits per heavy atom. The molecule has 27 heavy (non-hydrogen) atoms. The van der Waals surface area contributed by atoms with Crippen LogP contribution in [0.4, 0.5) is 17.6 Å². The Labute approximate surface area is 170 Å². The molecule has 158 valence electrons. The van der Waals surface area contributed by atoms with E-state index in [0.29, 0.717) is 5.92 Å². The van der Waals surface area contributed by atoms with E-state index in [-0.39, 0.29) is 36.6 Å². The summed E-state index contributed by atoms with van der Waals surface area (Å²) in [6.45, 7) is 8.01. The minimum absolute atomic E-state index is 0. The fourth-order valence-corrected chi connectivity index (χ4v) is 3.00. The molecule has 0 bridgehead atoms. The van der Waals surface area contributed by atoms with Crippen LogP contribution in [0.2, 0.25) is 0 Å². The van der Waals surface area contributed by atoms with E-state index in [1.807, 2.05) is 0 Å². The predicted octanol–water partition coefficient (Wildman–Crippen LogP) is 5.15. The minimum atomic E-state index is -4.48. The highest BCUT2D eigenvalue weighted by Gasteiger charge is 2.43. The molecule has 1 aliphatic heterocycles. The van der Waals surface area contributed by atoms with Crippen molar-refractivity contribution in [3.63, 3.8) is 0 Å². The maximum atomic E-state index is 13.0. The van der Waals surface area contributed by atoms with E-state index in [4.69, 9.17) is 0 Å². The van der Waals surface area contributed by atoms with E-state index in [1.165, 1.54) is 12.1 Å². The highest BCUT2D eigenvalue weighted by atomic mass is 35.5. The molecule has 1 aromatic rings. The number of nitrogens with zero attached hydrogens (tertiary/aromatic N) is 1. The number of nitrogens with one attached hydrogen (secondary N) is 1. The van der Waals surface area contributed by atoms with Crippen molar-refractivity contribution in [3.8, 4) is 5.75 Å². The van der Waals surface area contributed by atoms with Gasteiger partial charge in [0, 0.05) is 32.2 Å². The van der Waals surface area contributed by atoms with Gasteiger partial charge in [-0.2, -0.15) is 17.6 Å². The van der Waals surface area contributed by atoms with Gasteiger partial charge < -0.3 is 10.1 Å². The Bertz CT molecular complexity index is 527. The van der Waals surface area contributed by atoms with Crippen LogP contribution in [0, 0.1) is 5.92 Å². The third-order valence-electron chi connectivity index (χ3n) is 4.38. The first-order chi connectivity index (χ1) is 11.8. The summed E-state index contributed by atoms with van der Waals surface area (Å²) in [6.07, 6.45) is -6.31. The van der Waals surface area contributed by atoms with Gasteiger partial charge in [-0.05, 0) is 36.5 Å². The second kappa shape index (κ2) is 11.9. The molecule has 1 saturated heterocycles. The molecule has 0 radical (unpaired) electrons. The van der Waals surface area contributed by atoms with Gasteiger partial charge in [-0.25, -0.2) is 0 Å². The number of hydrogen-bond donors (Lipinski definition) is 1. The largest absolute Gasteiger partial charge is 0.461 e. The van der Waals surface area contributed by atoms with Crippen LogP contribution in [-0.2, 0) is 0 Å². The summed E-state index contributed by atoms with van der Waals surface area (Å²) in [5.41, 5.74) is 0.996. The highest BCUT2D eigenvalue weighted by Crippen LogP contribution is 2.31. The van der Waals surface area contributed by atoms with Gasteiger partial charge in [-0.1, -0.05) is 26.0 Å². The number of piperazine rings is 1. The van der Waals surface area contributed by atoms with Gasteiger partial charge in [-0.15, -0.1) is 24.8 Å². The molecule has 2 rings (SSSR count). The number of ether oxygens (including phenoxy) is 1. The summed E-state index contributed by atoms with van der Waals surface area (Å²) < 4.78 is 54.6. The average Bonchev–Trinajstić information content (AvgIpc) is 2.57. The average molecular weight is 435 g/mol. The van der Waals surface area contributed by atoms with Crippen molar-refractivity contribution >= 4 is 24.8 Å². The molecular formula is C18H28Cl2F4N2O. The maximum absolute atomic E-state index is 13.0. The zero-order valence-electron chi connectivity index (χ0n) is 15.5. The Morgan fingerprint density at radius 3 is 2.07 bits per heavy atom. The zero-order chi connectivity index (χ0) is 18.4. The van der Waals surface area contributed by atoms with Gasteiger partial charge in [-0.3, -0.25) is 4.90 Å². The van der Waals surface area contributed by atoms with Crippen molar-refractivity contribution in [1.29, 1.82) is 0 Å². The van der Waals surface area contributed by atoms with Crippen molar-refractivity contribution in [3.05, 3.63) is 29.8 Å². The summed E-state index contributed by atoms with van der Waals surface area (Å²) in [4.78, 5) is 2.38. The lowest BCUT2D eigenvalue weighted by Crippen LogP contribution is -2.45. The fourth-order valence-electron chi connectivity index (χ4n) is 3.00. The zero-order valence-corrected chi connectivity index (χ0v) is 17.1. The molecule has 0 aromatic heterocycles. The van der Waals surface area contributed by atoms with E-state index < -0.39 is 12.5 Å². The van der Waals surface area contributed by atoms with Gasteiger partial charge >= 0.3 is 12.5 Å². The van der Waals surface area contributed by atoms with E-state index in [2.05, 4.69) is 28.8 Å². The normalized spacial score (nSPS) is 16.6. The summed E-state index contributed by atoms with van der Waals surface area (Å²) in [7, 11) is 0. The van der Waals surface area contributed by atoms with E-state index in [9.17, 15) is 17.6 Å². The minimum Gasteiger partial charge on any atom is -0.428 e. The molecular weight excluding hydrogens is 407 g/mol. The van der Waals surface area contributed by atoms with Crippen molar-refractivity contribution in [1.82, 2.24) is 10.2 Å². The van der Waals surface area contributed by atoms with Crippen LogP contribution in [-0.4, -0.2) is 43.6 Å². The SMILES string of the molecule is CC(C)CC[C@H](c1ccc(OC(F)(F)C(F)F)cc1)N1CCNCC1.Cl.Cl. The number of halogens is 6. The molecule has 3 nitrogen and oxygen atoms in total. The Morgan fingerprint density at radius 1 is 1.04 bits per heavy atom. The number of benzene rings is 1. The topological polar surface area (TPSA) is 24.5 Å². The molecule has 0 saturated carbocycles. The summed E-state index contributed by atoms with van der Waals surface area (Å²) in [5, 5.41) is 3.32. The third-order valence-corrected chi connectivity index (χ3v) is 4.38. The Kier molecular flexibility index (Phi) is 11.6. The van der Waals surface area contributed by atoms with Crippen LogP contribution in [0.15, 0.2) is 24.3 Å². The number of alkyl halides is 4. The first-order valence-corrected chi connectivity index (χ1v) is 8.69. The Hall–Kier alpha value is -0.760. The third kappa shape index (κ3) is 8.02. The second-order valence-electron chi connectivity index (χ2n) is 6.81. The molecule has 1 aromatic carbocycles. The molecule has 9 heteroatoms. The number of hydrogen-bond acceptors (Lipinski definition) is 3. The Balaban J connectivity index is 0.00000338. The highest BCUT2D eigenvalue weighted by molar-refractivity contribution is 5.85. The van der Waals surface area contributed by atoms with E-state index >= 15 is 0 Å². The van der Waals surface area contributed by atoms with Crippen molar-refractivity contribution in [2.75, 3.05) is 26.2 Å². The second-order valence-corrected chi connectivity index (χ2v) is 6.81. The van der Waals surface area contributed by atoms with Crippen LogP contribution in [0.5, 0.6) is 5.75 Å². The smallest absolute Gasteiger partial charge is 0.428 e. The van der Waals surface area contributed by atoms with Crippen LogP contribution >= 0.6 is 24.8 Å². The molecule has 0 unspecified atom stereocenters. The lowest BCUT2D eigenvalue weighted by atomic mass is 9.95. The van der Waals surface area contributed by atoms with Gasteiger partial charge in [0.1, 0.15) is 5.75 Å². The lowest BCUT2D eigenvalue weighted by molar-refractivity contribution is -0.253.